The number of phenolic OH excluding ortho intramolecular Hbond substituents is 1. The standard InChI is InChI=1S/C13H11N3O/c17-11-6-4-10(5-7-11)15-12-9-14-16-8-2-1-3-13(12)16/h1-9,15,17H. The monoisotopic (exact) mass is 225 g/mol. The topological polar surface area (TPSA) is 49.6 Å². The first-order valence-corrected chi connectivity index (χ1v) is 5.31. The number of benzene rings is 1. The van der Waals surface area contributed by atoms with Crippen LogP contribution < -0.4 is 5.32 Å². The van der Waals surface area contributed by atoms with Gasteiger partial charge in [-0.1, -0.05) is 6.07 Å². The number of aromatic nitrogens is 2. The molecule has 4 nitrogen and oxygen atoms in total. The number of anilines is 2. The molecule has 4 heteroatoms. The molecule has 2 heterocycles. The number of hydrogen-bond donors (Lipinski definition) is 2. The minimum atomic E-state index is 0.260. The van der Waals surface area contributed by atoms with Gasteiger partial charge in [-0.15, -0.1) is 0 Å². The van der Waals surface area contributed by atoms with E-state index in [2.05, 4.69) is 10.4 Å². The van der Waals surface area contributed by atoms with Gasteiger partial charge in [0.2, 0.25) is 0 Å². The van der Waals surface area contributed by atoms with E-state index in [1.54, 1.807) is 18.3 Å². The average Bonchev–Trinajstić information content (AvgIpc) is 2.76. The van der Waals surface area contributed by atoms with E-state index in [1.165, 1.54) is 0 Å². The van der Waals surface area contributed by atoms with Crippen molar-refractivity contribution in [3.8, 4) is 5.75 Å². The number of pyridine rings is 1. The van der Waals surface area contributed by atoms with Crippen molar-refractivity contribution in [3.63, 3.8) is 0 Å². The Morgan fingerprint density at radius 2 is 1.88 bits per heavy atom. The molecule has 0 aliphatic carbocycles. The van der Waals surface area contributed by atoms with Crippen molar-refractivity contribution in [1.82, 2.24) is 9.61 Å². The molecule has 0 saturated heterocycles. The first kappa shape index (κ1) is 9.72. The quantitative estimate of drug-likeness (QED) is 0.659. The second-order valence-electron chi connectivity index (χ2n) is 3.76. The van der Waals surface area contributed by atoms with Crippen LogP contribution in [0.2, 0.25) is 0 Å². The molecular formula is C13H11N3O. The first-order valence-electron chi connectivity index (χ1n) is 5.31. The average molecular weight is 225 g/mol. The highest BCUT2D eigenvalue weighted by atomic mass is 16.3. The summed E-state index contributed by atoms with van der Waals surface area (Å²) in [6, 6.07) is 12.8. The van der Waals surface area contributed by atoms with Crippen LogP contribution in [0, 0.1) is 0 Å². The Bertz CT molecular complexity index is 643. The number of rotatable bonds is 2. The van der Waals surface area contributed by atoms with Crippen LogP contribution in [0.4, 0.5) is 11.4 Å². The number of aromatic hydroxyl groups is 1. The fourth-order valence-electron chi connectivity index (χ4n) is 1.73. The van der Waals surface area contributed by atoms with E-state index in [9.17, 15) is 5.11 Å². The van der Waals surface area contributed by atoms with Crippen LogP contribution in [0.5, 0.6) is 5.75 Å². The van der Waals surface area contributed by atoms with Crippen molar-refractivity contribution in [2.75, 3.05) is 5.32 Å². The maximum absolute atomic E-state index is 9.21. The Morgan fingerprint density at radius 3 is 2.71 bits per heavy atom. The van der Waals surface area contributed by atoms with Gasteiger partial charge in [0.15, 0.2) is 0 Å². The summed E-state index contributed by atoms with van der Waals surface area (Å²) in [6.07, 6.45) is 3.68. The molecule has 2 aromatic heterocycles. The van der Waals surface area contributed by atoms with Crippen molar-refractivity contribution < 1.29 is 5.11 Å². The molecule has 0 amide bonds. The van der Waals surface area contributed by atoms with E-state index in [-0.39, 0.29) is 5.75 Å². The molecule has 3 aromatic rings. The Morgan fingerprint density at radius 1 is 1.06 bits per heavy atom. The molecule has 0 unspecified atom stereocenters. The zero-order valence-corrected chi connectivity index (χ0v) is 9.04. The van der Waals surface area contributed by atoms with Crippen molar-refractivity contribution >= 4 is 16.9 Å². The third kappa shape index (κ3) is 1.80. The third-order valence-corrected chi connectivity index (χ3v) is 2.57. The van der Waals surface area contributed by atoms with Gasteiger partial charge in [-0.2, -0.15) is 5.10 Å². The molecule has 0 spiro atoms. The van der Waals surface area contributed by atoms with Crippen molar-refractivity contribution in [1.29, 1.82) is 0 Å². The largest absolute Gasteiger partial charge is 0.508 e. The smallest absolute Gasteiger partial charge is 0.115 e. The molecular weight excluding hydrogens is 214 g/mol. The highest BCUT2D eigenvalue weighted by Crippen LogP contribution is 2.22. The second-order valence-corrected chi connectivity index (χ2v) is 3.76. The summed E-state index contributed by atoms with van der Waals surface area (Å²) in [7, 11) is 0. The maximum atomic E-state index is 9.21. The van der Waals surface area contributed by atoms with Gasteiger partial charge in [-0.3, -0.25) is 0 Å². The molecule has 3 rings (SSSR count). The summed E-state index contributed by atoms with van der Waals surface area (Å²) in [5, 5.41) is 16.7. The van der Waals surface area contributed by atoms with E-state index in [4.69, 9.17) is 0 Å². The molecule has 0 radical (unpaired) electrons. The van der Waals surface area contributed by atoms with Gasteiger partial charge in [-0.25, -0.2) is 4.52 Å². The van der Waals surface area contributed by atoms with Gasteiger partial charge < -0.3 is 10.4 Å². The minimum absolute atomic E-state index is 0.260. The fraction of sp³-hybridized carbons (Fsp3) is 0. The van der Waals surface area contributed by atoms with Crippen LogP contribution in [-0.2, 0) is 0 Å². The SMILES string of the molecule is Oc1ccc(Nc2cnn3ccccc23)cc1. The molecule has 0 bridgehead atoms. The minimum Gasteiger partial charge on any atom is -0.508 e. The second kappa shape index (κ2) is 3.83. The normalized spacial score (nSPS) is 10.6. The van der Waals surface area contributed by atoms with Crippen LogP contribution in [-0.4, -0.2) is 14.7 Å². The number of phenols is 1. The zero-order valence-electron chi connectivity index (χ0n) is 9.04. The van der Waals surface area contributed by atoms with Crippen LogP contribution >= 0.6 is 0 Å². The molecule has 17 heavy (non-hydrogen) atoms. The zero-order chi connectivity index (χ0) is 11.7. The molecule has 1 aromatic carbocycles. The first-order chi connectivity index (χ1) is 8.33. The molecule has 0 atom stereocenters. The van der Waals surface area contributed by atoms with Gasteiger partial charge in [0.05, 0.1) is 17.4 Å². The van der Waals surface area contributed by atoms with E-state index in [1.807, 2.05) is 41.0 Å². The van der Waals surface area contributed by atoms with Crippen LogP contribution in [0.15, 0.2) is 54.9 Å². The predicted octanol–water partition coefficient (Wildman–Crippen LogP) is 2.78. The molecule has 84 valence electrons. The summed E-state index contributed by atoms with van der Waals surface area (Å²) in [5.41, 5.74) is 2.87. The molecule has 2 N–H and O–H groups in total. The lowest BCUT2D eigenvalue weighted by molar-refractivity contribution is 0.475. The Hall–Kier alpha value is -2.49. The summed E-state index contributed by atoms with van der Waals surface area (Å²) < 4.78 is 1.81. The highest BCUT2D eigenvalue weighted by molar-refractivity contribution is 5.76. The number of nitrogens with zero attached hydrogens (tertiary/aromatic N) is 2. The van der Waals surface area contributed by atoms with Crippen LogP contribution in [0.25, 0.3) is 5.52 Å². The Kier molecular flexibility index (Phi) is 2.19. The Labute approximate surface area is 98.1 Å². The summed E-state index contributed by atoms with van der Waals surface area (Å²) in [4.78, 5) is 0. The van der Waals surface area contributed by atoms with Gasteiger partial charge >= 0.3 is 0 Å². The number of hydrogen-bond acceptors (Lipinski definition) is 3. The fourth-order valence-corrected chi connectivity index (χ4v) is 1.73. The molecule has 0 aliphatic rings. The summed E-state index contributed by atoms with van der Waals surface area (Å²) >= 11 is 0. The summed E-state index contributed by atoms with van der Waals surface area (Å²) in [6.45, 7) is 0. The molecule has 0 fully saturated rings. The van der Waals surface area contributed by atoms with Crippen molar-refractivity contribution in [3.05, 3.63) is 54.9 Å². The molecule has 0 aliphatic heterocycles. The van der Waals surface area contributed by atoms with E-state index in [0.717, 1.165) is 16.9 Å². The van der Waals surface area contributed by atoms with E-state index in [0.29, 0.717) is 0 Å². The lowest BCUT2D eigenvalue weighted by Gasteiger charge is -2.04. The van der Waals surface area contributed by atoms with Crippen LogP contribution in [0.3, 0.4) is 0 Å². The lowest BCUT2D eigenvalue weighted by Crippen LogP contribution is -1.89. The third-order valence-electron chi connectivity index (χ3n) is 2.57. The van der Waals surface area contributed by atoms with E-state index >= 15 is 0 Å². The van der Waals surface area contributed by atoms with E-state index < -0.39 is 0 Å². The van der Waals surface area contributed by atoms with Gasteiger partial charge in [0, 0.05) is 11.9 Å². The van der Waals surface area contributed by atoms with Gasteiger partial charge in [0.1, 0.15) is 5.75 Å². The van der Waals surface area contributed by atoms with Gasteiger partial charge in [0.25, 0.3) is 0 Å². The molecule has 0 saturated carbocycles. The number of fused-ring (bicyclic) bond motifs is 1. The van der Waals surface area contributed by atoms with Crippen LogP contribution in [0.1, 0.15) is 0 Å². The van der Waals surface area contributed by atoms with Gasteiger partial charge in [-0.05, 0) is 36.4 Å². The van der Waals surface area contributed by atoms with Crippen molar-refractivity contribution in [2.45, 2.75) is 0 Å². The predicted molar refractivity (Wildman–Crippen MR) is 66.6 cm³/mol. The maximum Gasteiger partial charge on any atom is 0.115 e. The summed E-state index contributed by atoms with van der Waals surface area (Å²) in [5.74, 6) is 0.260. The Balaban J connectivity index is 1.97. The van der Waals surface area contributed by atoms with Crippen molar-refractivity contribution in [2.24, 2.45) is 0 Å². The highest BCUT2D eigenvalue weighted by Gasteiger charge is 2.02. The lowest BCUT2D eigenvalue weighted by atomic mass is 10.3. The number of nitrogens with one attached hydrogen (secondary N) is 1.